The Kier molecular flexibility index (Phi) is 9.86. The minimum absolute atomic E-state index is 0.0481. The number of unbranched alkanes of at least 4 members (excludes halogenated alkanes) is 1. The molecule has 10 heteroatoms. The van der Waals surface area contributed by atoms with Gasteiger partial charge in [0.2, 0.25) is 5.88 Å². The quantitative estimate of drug-likeness (QED) is 0.104. The molecule has 7 nitrogen and oxygen atoms in total. The van der Waals surface area contributed by atoms with Gasteiger partial charge in [0.25, 0.3) is 0 Å². The SMILES string of the molecule is CCCCOc1c(Cl)cc(C(=O)Oc2ccc3c(c2)OC(N)=C(C#N)C3c2cccc(OCc3ccccc3Cl)c2)cc1Cl. The third kappa shape index (κ3) is 6.89. The highest BCUT2D eigenvalue weighted by atomic mass is 35.5. The van der Waals surface area contributed by atoms with Crippen molar-refractivity contribution in [2.75, 3.05) is 6.61 Å². The zero-order chi connectivity index (χ0) is 31.2. The van der Waals surface area contributed by atoms with Crippen LogP contribution < -0.4 is 24.7 Å². The summed E-state index contributed by atoms with van der Waals surface area (Å²) in [6, 6.07) is 24.8. The molecule has 0 bridgehead atoms. The van der Waals surface area contributed by atoms with E-state index in [2.05, 4.69) is 6.07 Å². The van der Waals surface area contributed by atoms with Crippen molar-refractivity contribution in [1.29, 1.82) is 5.26 Å². The Bertz CT molecular complexity index is 1760. The molecule has 44 heavy (non-hydrogen) atoms. The summed E-state index contributed by atoms with van der Waals surface area (Å²) >= 11 is 19.0. The third-order valence-corrected chi connectivity index (χ3v) is 7.85. The summed E-state index contributed by atoms with van der Waals surface area (Å²) in [6.45, 7) is 2.78. The summed E-state index contributed by atoms with van der Waals surface area (Å²) in [6.07, 6.45) is 1.80. The fourth-order valence-corrected chi connectivity index (χ4v) is 5.49. The standard InChI is InChI=1S/C34H27Cl3N2O5/c1-2-3-13-41-32-28(36)15-22(16-29(32)37)34(40)43-24-11-12-25-30(17-24)44-33(39)26(18-38)31(25)20-8-6-9-23(14-20)42-19-21-7-4-5-10-27(21)35/h4-12,14-17,31H,2-3,13,19,39H2,1H3. The highest BCUT2D eigenvalue weighted by molar-refractivity contribution is 6.37. The maximum Gasteiger partial charge on any atom is 0.343 e. The van der Waals surface area contributed by atoms with Crippen molar-refractivity contribution in [1.82, 2.24) is 0 Å². The molecule has 1 aliphatic rings. The lowest BCUT2D eigenvalue weighted by atomic mass is 9.83. The molecule has 1 heterocycles. The average Bonchev–Trinajstić information content (AvgIpc) is 3.01. The minimum Gasteiger partial charge on any atom is -0.490 e. The van der Waals surface area contributed by atoms with Crippen molar-refractivity contribution in [2.45, 2.75) is 32.3 Å². The van der Waals surface area contributed by atoms with Gasteiger partial charge in [-0.1, -0.05) is 84.5 Å². The summed E-state index contributed by atoms with van der Waals surface area (Å²) in [5, 5.41) is 11.0. The molecule has 2 N–H and O–H groups in total. The van der Waals surface area contributed by atoms with E-state index in [1.165, 1.54) is 12.1 Å². The highest BCUT2D eigenvalue weighted by Crippen LogP contribution is 2.44. The number of carbonyl (C=O) groups excluding carboxylic acids is 1. The normalized spacial score (nSPS) is 13.8. The van der Waals surface area contributed by atoms with Crippen molar-refractivity contribution in [3.63, 3.8) is 0 Å². The topological polar surface area (TPSA) is 104 Å². The lowest BCUT2D eigenvalue weighted by Gasteiger charge is -2.27. The number of benzene rings is 4. The van der Waals surface area contributed by atoms with Gasteiger partial charge < -0.3 is 24.7 Å². The van der Waals surface area contributed by atoms with Crippen LogP contribution in [0.25, 0.3) is 0 Å². The maximum absolute atomic E-state index is 13.0. The smallest absolute Gasteiger partial charge is 0.343 e. The van der Waals surface area contributed by atoms with Crippen LogP contribution >= 0.6 is 34.8 Å². The largest absolute Gasteiger partial charge is 0.490 e. The number of fused-ring (bicyclic) bond motifs is 1. The van der Waals surface area contributed by atoms with E-state index in [0.717, 1.165) is 24.0 Å². The van der Waals surface area contributed by atoms with Crippen LogP contribution in [-0.2, 0) is 6.61 Å². The lowest BCUT2D eigenvalue weighted by molar-refractivity contribution is 0.0734. The molecule has 4 aromatic carbocycles. The van der Waals surface area contributed by atoms with E-state index in [4.69, 9.17) is 59.5 Å². The lowest BCUT2D eigenvalue weighted by Crippen LogP contribution is -2.21. The number of hydrogen-bond acceptors (Lipinski definition) is 7. The predicted molar refractivity (Wildman–Crippen MR) is 170 cm³/mol. The third-order valence-electron chi connectivity index (χ3n) is 6.92. The molecule has 1 atom stereocenters. The molecule has 0 aliphatic carbocycles. The van der Waals surface area contributed by atoms with E-state index in [-0.39, 0.29) is 39.4 Å². The first-order valence-corrected chi connectivity index (χ1v) is 14.9. The second-order valence-electron chi connectivity index (χ2n) is 9.94. The predicted octanol–water partition coefficient (Wildman–Crippen LogP) is 8.84. The number of esters is 1. The van der Waals surface area contributed by atoms with Gasteiger partial charge in [-0.2, -0.15) is 5.26 Å². The molecule has 224 valence electrons. The molecule has 0 saturated heterocycles. The van der Waals surface area contributed by atoms with Crippen LogP contribution in [0.15, 0.2) is 90.3 Å². The Hall–Kier alpha value is -4.35. The molecular formula is C34H27Cl3N2O5. The number of nitrogens with two attached hydrogens (primary N) is 1. The molecule has 1 aliphatic heterocycles. The van der Waals surface area contributed by atoms with E-state index < -0.39 is 11.9 Å². The van der Waals surface area contributed by atoms with Crippen LogP contribution in [0.1, 0.15) is 52.7 Å². The van der Waals surface area contributed by atoms with Gasteiger partial charge in [0.05, 0.1) is 28.1 Å². The monoisotopic (exact) mass is 648 g/mol. The number of nitrogens with zero attached hydrogens (tertiary/aromatic N) is 1. The fraction of sp³-hybridized carbons (Fsp3) is 0.176. The Morgan fingerprint density at radius 2 is 1.70 bits per heavy atom. The van der Waals surface area contributed by atoms with Crippen LogP contribution in [-0.4, -0.2) is 12.6 Å². The summed E-state index contributed by atoms with van der Waals surface area (Å²) in [5.74, 6) is 0.188. The molecule has 0 aromatic heterocycles. The summed E-state index contributed by atoms with van der Waals surface area (Å²) in [4.78, 5) is 13.0. The first-order chi connectivity index (χ1) is 21.3. The molecule has 0 radical (unpaired) electrons. The van der Waals surface area contributed by atoms with Gasteiger partial charge in [-0.05, 0) is 48.4 Å². The molecule has 0 spiro atoms. The summed E-state index contributed by atoms with van der Waals surface area (Å²) in [5.41, 5.74) is 8.87. The number of carbonyl (C=O) groups is 1. The van der Waals surface area contributed by atoms with E-state index in [1.54, 1.807) is 24.3 Å². The van der Waals surface area contributed by atoms with Crippen LogP contribution in [0.3, 0.4) is 0 Å². The number of ether oxygens (including phenoxy) is 4. The van der Waals surface area contributed by atoms with E-state index >= 15 is 0 Å². The Morgan fingerprint density at radius 3 is 2.43 bits per heavy atom. The van der Waals surface area contributed by atoms with Crippen molar-refractivity contribution >= 4 is 40.8 Å². The second-order valence-corrected chi connectivity index (χ2v) is 11.2. The zero-order valence-corrected chi connectivity index (χ0v) is 25.9. The Morgan fingerprint density at radius 1 is 0.932 bits per heavy atom. The van der Waals surface area contributed by atoms with Crippen LogP contribution in [0.2, 0.25) is 15.1 Å². The van der Waals surface area contributed by atoms with E-state index in [1.807, 2.05) is 49.4 Å². The molecule has 1 unspecified atom stereocenters. The van der Waals surface area contributed by atoms with Crippen molar-refractivity contribution < 1.29 is 23.7 Å². The van der Waals surface area contributed by atoms with Crippen LogP contribution in [0.4, 0.5) is 0 Å². The fourth-order valence-electron chi connectivity index (χ4n) is 4.70. The van der Waals surface area contributed by atoms with Crippen molar-refractivity contribution in [2.24, 2.45) is 5.73 Å². The van der Waals surface area contributed by atoms with Crippen molar-refractivity contribution in [3.05, 3.63) is 128 Å². The maximum atomic E-state index is 13.0. The zero-order valence-electron chi connectivity index (χ0n) is 23.6. The Balaban J connectivity index is 1.38. The van der Waals surface area contributed by atoms with Gasteiger partial charge >= 0.3 is 5.97 Å². The van der Waals surface area contributed by atoms with Crippen LogP contribution in [0, 0.1) is 11.3 Å². The number of halogens is 3. The van der Waals surface area contributed by atoms with Crippen LogP contribution in [0.5, 0.6) is 23.0 Å². The van der Waals surface area contributed by atoms with Gasteiger partial charge in [-0.25, -0.2) is 4.79 Å². The average molecular weight is 650 g/mol. The van der Waals surface area contributed by atoms with Gasteiger partial charge in [0, 0.05) is 22.2 Å². The molecule has 0 saturated carbocycles. The molecular weight excluding hydrogens is 623 g/mol. The first-order valence-electron chi connectivity index (χ1n) is 13.8. The number of hydrogen-bond donors (Lipinski definition) is 1. The van der Waals surface area contributed by atoms with Gasteiger partial charge in [0.15, 0.2) is 5.75 Å². The summed E-state index contributed by atoms with van der Waals surface area (Å²) < 4.78 is 23.1. The molecule has 4 aromatic rings. The van der Waals surface area contributed by atoms with Gasteiger partial charge in [-0.15, -0.1) is 0 Å². The van der Waals surface area contributed by atoms with Crippen molar-refractivity contribution in [3.8, 4) is 29.1 Å². The van der Waals surface area contributed by atoms with E-state index in [9.17, 15) is 10.1 Å². The Labute approximate surface area is 270 Å². The highest BCUT2D eigenvalue weighted by Gasteiger charge is 2.31. The van der Waals surface area contributed by atoms with Gasteiger partial charge in [0.1, 0.15) is 35.5 Å². The minimum atomic E-state index is -0.675. The number of nitriles is 1. The molecule has 0 fully saturated rings. The number of allylic oxidation sites excluding steroid dienone is 1. The summed E-state index contributed by atoms with van der Waals surface area (Å²) in [7, 11) is 0. The van der Waals surface area contributed by atoms with E-state index in [0.29, 0.717) is 34.4 Å². The van der Waals surface area contributed by atoms with Gasteiger partial charge in [-0.3, -0.25) is 0 Å². The first kappa shape index (κ1) is 31.1. The molecule has 5 rings (SSSR count). The second kappa shape index (κ2) is 14.0. The number of rotatable bonds is 10. The molecule has 0 amide bonds.